The molecular formula is C20H21FN2O3. The van der Waals surface area contributed by atoms with E-state index in [0.717, 1.165) is 16.9 Å². The molecule has 26 heavy (non-hydrogen) atoms. The van der Waals surface area contributed by atoms with Crippen LogP contribution in [0.4, 0.5) is 10.1 Å². The van der Waals surface area contributed by atoms with Crippen LogP contribution in [0.3, 0.4) is 0 Å². The van der Waals surface area contributed by atoms with Crippen molar-refractivity contribution in [2.24, 2.45) is 0 Å². The molecule has 136 valence electrons. The fourth-order valence-corrected chi connectivity index (χ4v) is 3.22. The number of anilines is 1. The summed E-state index contributed by atoms with van der Waals surface area (Å²) in [6, 6.07) is 9.99. The molecule has 2 aromatic rings. The average molecular weight is 356 g/mol. The van der Waals surface area contributed by atoms with Crippen molar-refractivity contribution in [2.75, 3.05) is 19.0 Å². The highest BCUT2D eigenvalue weighted by molar-refractivity contribution is 6.01. The first kappa shape index (κ1) is 17.9. The van der Waals surface area contributed by atoms with Gasteiger partial charge in [0.1, 0.15) is 11.6 Å². The predicted molar refractivity (Wildman–Crippen MR) is 96.8 cm³/mol. The molecule has 5 nitrogen and oxygen atoms in total. The Morgan fingerprint density at radius 3 is 2.88 bits per heavy atom. The molecule has 3 rings (SSSR count). The highest BCUT2D eigenvalue weighted by Gasteiger charge is 2.30. The van der Waals surface area contributed by atoms with Crippen molar-refractivity contribution in [3.63, 3.8) is 0 Å². The number of hydrogen-bond acceptors (Lipinski definition) is 3. The first-order valence-electron chi connectivity index (χ1n) is 8.48. The zero-order valence-electron chi connectivity index (χ0n) is 14.8. The molecule has 0 fully saturated rings. The van der Waals surface area contributed by atoms with Crippen molar-refractivity contribution in [3.8, 4) is 5.75 Å². The van der Waals surface area contributed by atoms with Crippen LogP contribution in [-0.4, -0.2) is 25.5 Å². The van der Waals surface area contributed by atoms with E-state index in [-0.39, 0.29) is 18.2 Å². The van der Waals surface area contributed by atoms with Gasteiger partial charge in [0.05, 0.1) is 13.0 Å². The van der Waals surface area contributed by atoms with Gasteiger partial charge in [0, 0.05) is 18.7 Å². The van der Waals surface area contributed by atoms with Gasteiger partial charge in [-0.2, -0.15) is 0 Å². The van der Waals surface area contributed by atoms with Crippen molar-refractivity contribution in [2.45, 2.75) is 25.7 Å². The third-order valence-corrected chi connectivity index (χ3v) is 4.50. The summed E-state index contributed by atoms with van der Waals surface area (Å²) in [5.74, 6) is -0.805. The van der Waals surface area contributed by atoms with Crippen LogP contribution >= 0.6 is 0 Å². The minimum absolute atomic E-state index is 0.0538. The molecule has 0 radical (unpaired) electrons. The van der Waals surface area contributed by atoms with E-state index in [4.69, 9.17) is 4.74 Å². The van der Waals surface area contributed by atoms with Crippen molar-refractivity contribution in [1.29, 1.82) is 0 Å². The molecule has 0 saturated carbocycles. The second-order valence-corrected chi connectivity index (χ2v) is 6.39. The number of carbonyl (C=O) groups is 2. The zero-order valence-corrected chi connectivity index (χ0v) is 14.8. The molecule has 2 amide bonds. The minimum atomic E-state index is -0.612. The van der Waals surface area contributed by atoms with Crippen molar-refractivity contribution >= 4 is 17.5 Å². The number of fused-ring (bicyclic) bond motifs is 1. The third-order valence-electron chi connectivity index (χ3n) is 4.50. The summed E-state index contributed by atoms with van der Waals surface area (Å²) in [6.45, 7) is 2.42. The quantitative estimate of drug-likeness (QED) is 0.866. The number of carbonyl (C=O) groups excluding carboxylic acids is 2. The Morgan fingerprint density at radius 2 is 2.12 bits per heavy atom. The van der Waals surface area contributed by atoms with Gasteiger partial charge >= 0.3 is 0 Å². The van der Waals surface area contributed by atoms with Crippen molar-refractivity contribution < 1.29 is 18.7 Å². The SMILES string of the molecule is COc1ccc(C)cc1CCNC(=O)C1CC(=O)Nc2cc(F)ccc21. The molecule has 0 spiro atoms. The lowest BCUT2D eigenvalue weighted by Crippen LogP contribution is -2.36. The Bertz CT molecular complexity index is 851. The van der Waals surface area contributed by atoms with Crippen LogP contribution in [0.25, 0.3) is 0 Å². The normalized spacial score (nSPS) is 15.8. The molecule has 1 aliphatic heterocycles. The first-order chi connectivity index (χ1) is 12.5. The van der Waals surface area contributed by atoms with Gasteiger partial charge < -0.3 is 15.4 Å². The van der Waals surface area contributed by atoms with Gasteiger partial charge in [-0.3, -0.25) is 9.59 Å². The second-order valence-electron chi connectivity index (χ2n) is 6.39. The molecule has 1 heterocycles. The molecule has 0 aromatic heterocycles. The van der Waals surface area contributed by atoms with Crippen LogP contribution < -0.4 is 15.4 Å². The summed E-state index contributed by atoms with van der Waals surface area (Å²) in [6.07, 6.45) is 0.671. The summed E-state index contributed by atoms with van der Waals surface area (Å²) in [7, 11) is 1.61. The highest BCUT2D eigenvalue weighted by Crippen LogP contribution is 2.32. The van der Waals surface area contributed by atoms with Crippen LogP contribution in [0.15, 0.2) is 36.4 Å². The molecule has 0 bridgehead atoms. The first-order valence-corrected chi connectivity index (χ1v) is 8.48. The standard InChI is InChI=1S/C20H21FN2O3/c1-12-3-6-18(26-2)13(9-12)7-8-22-20(25)16-11-19(24)23-17-10-14(21)4-5-15(16)17/h3-6,9-10,16H,7-8,11H2,1-2H3,(H,22,25)(H,23,24). The third kappa shape index (κ3) is 3.85. The molecule has 0 aliphatic carbocycles. The summed E-state index contributed by atoms with van der Waals surface area (Å²) in [5, 5.41) is 5.49. The van der Waals surface area contributed by atoms with Crippen LogP contribution in [0.5, 0.6) is 5.75 Å². The number of amides is 2. The number of ether oxygens (including phenoxy) is 1. The second kappa shape index (κ2) is 7.56. The van der Waals surface area contributed by atoms with Gasteiger partial charge in [-0.1, -0.05) is 23.8 Å². The van der Waals surface area contributed by atoms with Crippen molar-refractivity contribution in [1.82, 2.24) is 5.32 Å². The Morgan fingerprint density at radius 1 is 1.31 bits per heavy atom. The maximum Gasteiger partial charge on any atom is 0.228 e. The van der Waals surface area contributed by atoms with Gasteiger partial charge in [-0.05, 0) is 42.7 Å². The van der Waals surface area contributed by atoms with E-state index in [2.05, 4.69) is 10.6 Å². The lowest BCUT2D eigenvalue weighted by Gasteiger charge is -2.25. The summed E-state index contributed by atoms with van der Waals surface area (Å²) >= 11 is 0. The van der Waals surface area contributed by atoms with E-state index < -0.39 is 11.7 Å². The van der Waals surface area contributed by atoms with Gasteiger partial charge in [-0.25, -0.2) is 4.39 Å². The number of hydrogen-bond donors (Lipinski definition) is 2. The van der Waals surface area contributed by atoms with E-state index in [1.807, 2.05) is 25.1 Å². The van der Waals surface area contributed by atoms with Crippen LogP contribution in [0.1, 0.15) is 29.0 Å². The predicted octanol–water partition coefficient (Wildman–Crippen LogP) is 2.93. The number of halogens is 1. The maximum atomic E-state index is 13.4. The van der Waals surface area contributed by atoms with E-state index in [1.165, 1.54) is 12.1 Å². The summed E-state index contributed by atoms with van der Waals surface area (Å²) in [4.78, 5) is 24.4. The monoisotopic (exact) mass is 356 g/mol. The molecule has 6 heteroatoms. The number of benzene rings is 2. The molecule has 0 saturated heterocycles. The number of methoxy groups -OCH3 is 1. The molecule has 1 unspecified atom stereocenters. The topological polar surface area (TPSA) is 67.4 Å². The van der Waals surface area contributed by atoms with E-state index in [1.54, 1.807) is 13.2 Å². The van der Waals surface area contributed by atoms with E-state index in [0.29, 0.717) is 24.2 Å². The Kier molecular flexibility index (Phi) is 5.21. The smallest absolute Gasteiger partial charge is 0.228 e. The zero-order chi connectivity index (χ0) is 18.7. The Balaban J connectivity index is 1.68. The Labute approximate surface area is 151 Å². The number of nitrogens with one attached hydrogen (secondary N) is 2. The molecular weight excluding hydrogens is 335 g/mol. The van der Waals surface area contributed by atoms with Gasteiger partial charge in [0.25, 0.3) is 0 Å². The van der Waals surface area contributed by atoms with Crippen LogP contribution in [-0.2, 0) is 16.0 Å². The van der Waals surface area contributed by atoms with E-state index >= 15 is 0 Å². The lowest BCUT2D eigenvalue weighted by molar-refractivity contribution is -0.126. The average Bonchev–Trinajstić information content (AvgIpc) is 2.60. The lowest BCUT2D eigenvalue weighted by atomic mass is 9.89. The van der Waals surface area contributed by atoms with Crippen LogP contribution in [0.2, 0.25) is 0 Å². The number of aryl methyl sites for hydroxylation is 1. The minimum Gasteiger partial charge on any atom is -0.496 e. The largest absolute Gasteiger partial charge is 0.496 e. The summed E-state index contributed by atoms with van der Waals surface area (Å²) in [5.41, 5.74) is 3.13. The van der Waals surface area contributed by atoms with Crippen molar-refractivity contribution in [3.05, 3.63) is 58.9 Å². The highest BCUT2D eigenvalue weighted by atomic mass is 19.1. The summed E-state index contributed by atoms with van der Waals surface area (Å²) < 4.78 is 18.7. The maximum absolute atomic E-state index is 13.4. The van der Waals surface area contributed by atoms with Gasteiger partial charge in [-0.15, -0.1) is 0 Å². The fourth-order valence-electron chi connectivity index (χ4n) is 3.22. The van der Waals surface area contributed by atoms with Crippen LogP contribution in [0, 0.1) is 12.7 Å². The molecule has 2 aromatic carbocycles. The molecule has 1 aliphatic rings. The Hall–Kier alpha value is -2.89. The van der Waals surface area contributed by atoms with Gasteiger partial charge in [0.2, 0.25) is 11.8 Å². The number of rotatable bonds is 5. The fraction of sp³-hybridized carbons (Fsp3) is 0.300. The van der Waals surface area contributed by atoms with E-state index in [9.17, 15) is 14.0 Å². The molecule has 1 atom stereocenters. The van der Waals surface area contributed by atoms with Gasteiger partial charge in [0.15, 0.2) is 0 Å². The molecule has 2 N–H and O–H groups in total.